The minimum Gasteiger partial charge on any atom is -1.00 e. The van der Waals surface area contributed by atoms with Gasteiger partial charge in [-0.05, 0) is 51.5 Å². The van der Waals surface area contributed by atoms with Gasteiger partial charge in [0.15, 0.2) is 5.71 Å². The Morgan fingerprint density at radius 3 is 2.32 bits per heavy atom. The highest BCUT2D eigenvalue weighted by Crippen LogP contribution is 2.39. The van der Waals surface area contributed by atoms with Gasteiger partial charge < -0.3 is 17.3 Å². The summed E-state index contributed by atoms with van der Waals surface area (Å²) in [5.74, 6) is 0. The molecule has 28 heavy (non-hydrogen) atoms. The second-order valence-corrected chi connectivity index (χ2v) is 7.60. The molecule has 0 saturated heterocycles. The van der Waals surface area contributed by atoms with Crippen molar-refractivity contribution >= 4 is 23.2 Å². The fraction of sp³-hybridized carbons (Fsp3) is 0.333. The molecule has 3 rings (SSSR count). The molecule has 2 aromatic rings. The smallest absolute Gasteiger partial charge is 0.209 e. The molecule has 1 aliphatic rings. The molecule has 0 radical (unpaired) electrons. The molecule has 1 unspecified atom stereocenters. The lowest BCUT2D eigenvalue weighted by Gasteiger charge is -2.25. The second kappa shape index (κ2) is 8.63. The molecule has 0 N–H and O–H groups in total. The first-order valence-electron chi connectivity index (χ1n) is 9.55. The molecule has 146 valence electrons. The van der Waals surface area contributed by atoms with Gasteiger partial charge >= 0.3 is 0 Å². The van der Waals surface area contributed by atoms with Crippen LogP contribution in [0.15, 0.2) is 54.6 Å². The van der Waals surface area contributed by atoms with E-state index in [1.807, 2.05) is 6.92 Å². The molecule has 0 spiro atoms. The average Bonchev–Trinajstić information content (AvgIpc) is 2.88. The first kappa shape index (κ1) is 21.7. The third-order valence-electron chi connectivity index (χ3n) is 5.59. The number of nitrogens with zero attached hydrogens (tertiary/aromatic N) is 3. The quantitative estimate of drug-likeness (QED) is 0.728. The van der Waals surface area contributed by atoms with Crippen LogP contribution in [0.2, 0.25) is 0 Å². The molecule has 0 fully saturated rings. The molecule has 1 heterocycles. The van der Waals surface area contributed by atoms with Crippen molar-refractivity contribution in [2.24, 2.45) is 0 Å². The molecule has 0 bridgehead atoms. The van der Waals surface area contributed by atoms with E-state index in [4.69, 9.17) is 0 Å². The van der Waals surface area contributed by atoms with Gasteiger partial charge in [-0.25, -0.2) is 0 Å². The van der Waals surface area contributed by atoms with E-state index in [0.717, 1.165) is 17.8 Å². The number of hydrogen-bond acceptors (Lipinski definition) is 2. The molecular weight excluding hydrogens is 366 g/mol. The molecule has 0 saturated carbocycles. The van der Waals surface area contributed by atoms with Crippen LogP contribution in [-0.2, 0) is 5.41 Å². The van der Waals surface area contributed by atoms with Crippen LogP contribution in [0.25, 0.3) is 6.08 Å². The van der Waals surface area contributed by atoms with E-state index in [2.05, 4.69) is 104 Å². The van der Waals surface area contributed by atoms with E-state index in [1.54, 1.807) is 0 Å². The number of allylic oxidation sites excluding steroid dienone is 1. The Labute approximate surface area is 175 Å². The van der Waals surface area contributed by atoms with Gasteiger partial charge in [-0.2, -0.15) is 9.84 Å². The Morgan fingerprint density at radius 1 is 1.11 bits per heavy atom. The molecular formula is C24H28ClN3. The number of anilines is 1. The van der Waals surface area contributed by atoms with E-state index in [0.29, 0.717) is 0 Å². The summed E-state index contributed by atoms with van der Waals surface area (Å²) in [7, 11) is 2.14. The second-order valence-electron chi connectivity index (χ2n) is 7.60. The Balaban J connectivity index is 0.00000280. The Morgan fingerprint density at radius 2 is 1.75 bits per heavy atom. The number of rotatable bonds is 5. The van der Waals surface area contributed by atoms with Crippen LogP contribution in [0.5, 0.6) is 0 Å². The highest BCUT2D eigenvalue weighted by atomic mass is 35.5. The number of hydrogen-bond donors (Lipinski definition) is 0. The number of nitriles is 1. The van der Waals surface area contributed by atoms with Crippen molar-refractivity contribution in [2.45, 2.75) is 39.2 Å². The highest BCUT2D eigenvalue weighted by molar-refractivity contribution is 6.05. The van der Waals surface area contributed by atoms with Crippen LogP contribution in [0.1, 0.15) is 38.8 Å². The van der Waals surface area contributed by atoms with Gasteiger partial charge in [-0.1, -0.05) is 30.3 Å². The first-order valence-corrected chi connectivity index (χ1v) is 9.55. The largest absolute Gasteiger partial charge is 1.00 e. The van der Waals surface area contributed by atoms with Crippen LogP contribution in [0, 0.1) is 11.3 Å². The van der Waals surface area contributed by atoms with Crippen molar-refractivity contribution in [1.82, 2.24) is 0 Å². The zero-order valence-corrected chi connectivity index (χ0v) is 18.0. The van der Waals surface area contributed by atoms with Gasteiger partial charge in [0.1, 0.15) is 13.1 Å². The molecule has 0 amide bonds. The van der Waals surface area contributed by atoms with Gasteiger partial charge in [0, 0.05) is 29.9 Å². The van der Waals surface area contributed by atoms with Crippen molar-refractivity contribution in [3.8, 4) is 6.07 Å². The highest BCUT2D eigenvalue weighted by Gasteiger charge is 2.42. The predicted octanol–water partition coefficient (Wildman–Crippen LogP) is 2.15. The van der Waals surface area contributed by atoms with Gasteiger partial charge in [-0.15, -0.1) is 0 Å². The SMILES string of the molecule is CCN(c1ccc(/C=C/C2=[N+](C)c3ccccc3C2(C)C)cc1)C(C)C#N.[Cl-]. The van der Waals surface area contributed by atoms with E-state index in [1.165, 1.54) is 17.0 Å². The maximum absolute atomic E-state index is 9.20. The fourth-order valence-corrected chi connectivity index (χ4v) is 4.00. The summed E-state index contributed by atoms with van der Waals surface area (Å²) in [6.07, 6.45) is 4.40. The fourth-order valence-electron chi connectivity index (χ4n) is 4.00. The topological polar surface area (TPSA) is 30.0 Å². The molecule has 2 aromatic carbocycles. The molecule has 1 aliphatic heterocycles. The first-order chi connectivity index (χ1) is 12.9. The van der Waals surface area contributed by atoms with E-state index in [9.17, 15) is 5.26 Å². The standard InChI is InChI=1S/C24H28N3.ClH/c1-6-27(18(2)17-25)20-14-11-19(12-15-20)13-16-23-24(3,4)21-9-7-8-10-22(21)26(23)5;/h7-16,18H,6H2,1-5H3;1H/q+1;/p-1. The predicted molar refractivity (Wildman–Crippen MR) is 114 cm³/mol. The Kier molecular flexibility index (Phi) is 6.69. The summed E-state index contributed by atoms with van der Waals surface area (Å²) in [4.78, 5) is 2.10. The van der Waals surface area contributed by atoms with Crippen LogP contribution in [0.3, 0.4) is 0 Å². The number of benzene rings is 2. The molecule has 3 nitrogen and oxygen atoms in total. The van der Waals surface area contributed by atoms with Crippen LogP contribution >= 0.6 is 0 Å². The lowest BCUT2D eigenvalue weighted by Crippen LogP contribution is -3.00. The third kappa shape index (κ3) is 3.84. The van der Waals surface area contributed by atoms with Gasteiger partial charge in [-0.3, -0.25) is 0 Å². The average molecular weight is 394 g/mol. The third-order valence-corrected chi connectivity index (χ3v) is 5.59. The van der Waals surface area contributed by atoms with Crippen molar-refractivity contribution in [3.63, 3.8) is 0 Å². The zero-order valence-electron chi connectivity index (χ0n) is 17.3. The van der Waals surface area contributed by atoms with E-state index < -0.39 is 0 Å². The van der Waals surface area contributed by atoms with Crippen molar-refractivity contribution in [1.29, 1.82) is 5.26 Å². The number of para-hydroxylation sites is 1. The maximum atomic E-state index is 9.20. The van der Waals surface area contributed by atoms with Gasteiger partial charge in [0.25, 0.3) is 0 Å². The van der Waals surface area contributed by atoms with Crippen LogP contribution in [0.4, 0.5) is 11.4 Å². The summed E-state index contributed by atoms with van der Waals surface area (Å²) < 4.78 is 2.29. The summed E-state index contributed by atoms with van der Waals surface area (Å²) in [5, 5.41) is 9.20. The summed E-state index contributed by atoms with van der Waals surface area (Å²) in [6.45, 7) is 9.39. The molecule has 0 aromatic heterocycles. The Bertz CT molecular complexity index is 933. The van der Waals surface area contributed by atoms with Gasteiger partial charge in [0.05, 0.1) is 11.5 Å². The van der Waals surface area contributed by atoms with E-state index in [-0.39, 0.29) is 23.9 Å². The summed E-state index contributed by atoms with van der Waals surface area (Å²) in [5.41, 5.74) is 6.17. The monoisotopic (exact) mass is 393 g/mol. The van der Waals surface area contributed by atoms with E-state index >= 15 is 0 Å². The minimum absolute atomic E-state index is 0. The maximum Gasteiger partial charge on any atom is 0.209 e. The lowest BCUT2D eigenvalue weighted by molar-refractivity contribution is -0.401. The molecule has 1 atom stereocenters. The summed E-state index contributed by atoms with van der Waals surface area (Å²) >= 11 is 0. The Hall–Kier alpha value is -2.57. The lowest BCUT2D eigenvalue weighted by atomic mass is 9.81. The van der Waals surface area contributed by atoms with Crippen LogP contribution in [-0.4, -0.2) is 29.9 Å². The van der Waals surface area contributed by atoms with Gasteiger partial charge in [0.2, 0.25) is 5.69 Å². The molecule has 0 aliphatic carbocycles. The van der Waals surface area contributed by atoms with Crippen molar-refractivity contribution < 1.29 is 17.0 Å². The van der Waals surface area contributed by atoms with Crippen molar-refractivity contribution in [3.05, 3.63) is 65.7 Å². The minimum atomic E-state index is -0.126. The summed E-state index contributed by atoms with van der Waals surface area (Å²) in [6, 6.07) is 19.2. The number of fused-ring (bicyclic) bond motifs is 1. The number of halogens is 1. The molecule has 4 heteroatoms. The van der Waals surface area contributed by atoms with Crippen molar-refractivity contribution in [2.75, 3.05) is 18.5 Å². The zero-order chi connectivity index (χ0) is 19.6. The van der Waals surface area contributed by atoms with Crippen LogP contribution < -0.4 is 17.3 Å². The normalized spacial score (nSPS) is 15.7.